The van der Waals surface area contributed by atoms with E-state index >= 15 is 0 Å². The Morgan fingerprint density at radius 1 is 0.632 bits per heavy atom. The molecule has 2 aliphatic carbocycles. The van der Waals surface area contributed by atoms with E-state index in [2.05, 4.69) is 20.6 Å². The maximum absolute atomic E-state index is 13.4. The highest BCUT2D eigenvalue weighted by atomic mass is 35.5. The summed E-state index contributed by atoms with van der Waals surface area (Å²) in [6.07, 6.45) is 6.95. The lowest BCUT2D eigenvalue weighted by molar-refractivity contribution is 0.0942. The van der Waals surface area contributed by atoms with Crippen LogP contribution < -0.4 is 22.1 Å². The van der Waals surface area contributed by atoms with Gasteiger partial charge in [0.05, 0.1) is 21.4 Å². The van der Waals surface area contributed by atoms with Crippen LogP contribution in [0, 0.1) is 19.7 Å². The van der Waals surface area contributed by atoms with Crippen molar-refractivity contribution >= 4 is 58.2 Å². The first-order valence-corrected chi connectivity index (χ1v) is 18.8. The summed E-state index contributed by atoms with van der Waals surface area (Å²) in [5.41, 5.74) is 17.2. The van der Waals surface area contributed by atoms with Gasteiger partial charge in [-0.05, 0) is 105 Å². The summed E-state index contributed by atoms with van der Waals surface area (Å²) in [6.45, 7) is 3.78. The molecule has 0 radical (unpaired) electrons. The Hall–Kier alpha value is -6.31. The normalized spacial score (nSPS) is 13.4. The van der Waals surface area contributed by atoms with Gasteiger partial charge in [0.25, 0.3) is 11.8 Å². The average molecular weight is 808 g/mol. The molecular formula is C42H37Cl2FN8O4. The number of aromatic nitrogens is 4. The molecule has 2 fully saturated rings. The predicted molar refractivity (Wildman–Crippen MR) is 216 cm³/mol. The van der Waals surface area contributed by atoms with Crippen molar-refractivity contribution < 1.29 is 23.6 Å². The van der Waals surface area contributed by atoms with Crippen LogP contribution >= 0.6 is 23.2 Å². The summed E-state index contributed by atoms with van der Waals surface area (Å²) in [7, 11) is 0. The van der Waals surface area contributed by atoms with E-state index in [1.54, 1.807) is 45.5 Å². The lowest BCUT2D eigenvalue weighted by Crippen LogP contribution is -2.25. The lowest BCUT2D eigenvalue weighted by atomic mass is 10.1. The second kappa shape index (κ2) is 16.0. The van der Waals surface area contributed by atoms with E-state index in [1.807, 2.05) is 26.0 Å². The Morgan fingerprint density at radius 3 is 1.53 bits per heavy atom. The van der Waals surface area contributed by atoms with Crippen LogP contribution in [-0.4, -0.2) is 54.6 Å². The molecule has 6 N–H and O–H groups in total. The molecule has 2 amide bonds. The monoisotopic (exact) mass is 806 g/mol. The minimum absolute atomic E-state index is 0.0397. The SMILES string of the molecule is Cc1ccc(C(=O)NC2CC2)cc1-n1cnc(C(=O)c2ccc(Cl)c(Cl)c2)c1N.Cc1ccc(C(=O)NC2CC2)cc1-n1cnc(C(=O)c2cccc(F)c2)c1N. The Morgan fingerprint density at radius 2 is 1.09 bits per heavy atom. The van der Waals surface area contributed by atoms with E-state index in [9.17, 15) is 23.6 Å². The first kappa shape index (κ1) is 38.9. The van der Waals surface area contributed by atoms with Crippen molar-refractivity contribution in [1.29, 1.82) is 0 Å². The number of ketones is 2. The molecule has 57 heavy (non-hydrogen) atoms. The predicted octanol–water partition coefficient (Wildman–Crippen LogP) is 7.22. The molecule has 2 saturated carbocycles. The summed E-state index contributed by atoms with van der Waals surface area (Å²) < 4.78 is 16.6. The largest absolute Gasteiger partial charge is 0.383 e. The minimum atomic E-state index is -0.505. The number of nitrogens with one attached hydrogen (secondary N) is 2. The van der Waals surface area contributed by atoms with Crippen molar-refractivity contribution in [3.05, 3.63) is 152 Å². The van der Waals surface area contributed by atoms with Crippen LogP contribution in [0.1, 0.15) is 89.6 Å². The number of nitrogens with zero attached hydrogens (tertiary/aromatic N) is 4. The van der Waals surface area contributed by atoms with Gasteiger partial charge < -0.3 is 22.1 Å². The zero-order valence-corrected chi connectivity index (χ0v) is 32.4. The van der Waals surface area contributed by atoms with E-state index in [0.29, 0.717) is 33.1 Å². The molecule has 0 spiro atoms. The number of benzene rings is 4. The molecule has 0 atom stereocenters. The highest BCUT2D eigenvalue weighted by Gasteiger charge is 2.26. The van der Waals surface area contributed by atoms with E-state index in [1.165, 1.54) is 36.9 Å². The first-order chi connectivity index (χ1) is 27.3. The van der Waals surface area contributed by atoms with Crippen LogP contribution in [0.15, 0.2) is 91.5 Å². The van der Waals surface area contributed by atoms with Crippen LogP contribution in [0.4, 0.5) is 16.0 Å². The summed E-state index contributed by atoms with van der Waals surface area (Å²) in [5.74, 6) is -1.27. The van der Waals surface area contributed by atoms with Gasteiger partial charge in [-0.3, -0.25) is 28.3 Å². The molecule has 6 aromatic rings. The topological polar surface area (TPSA) is 180 Å². The van der Waals surface area contributed by atoms with Gasteiger partial charge in [0.1, 0.15) is 30.1 Å². The lowest BCUT2D eigenvalue weighted by Gasteiger charge is -2.12. The van der Waals surface area contributed by atoms with Gasteiger partial charge in [0, 0.05) is 34.3 Å². The van der Waals surface area contributed by atoms with Gasteiger partial charge >= 0.3 is 0 Å². The van der Waals surface area contributed by atoms with Crippen molar-refractivity contribution in [2.75, 3.05) is 11.5 Å². The minimum Gasteiger partial charge on any atom is -0.383 e. The fourth-order valence-corrected chi connectivity index (χ4v) is 6.30. The third-order valence-electron chi connectivity index (χ3n) is 9.59. The maximum Gasteiger partial charge on any atom is 0.251 e. The molecular weight excluding hydrogens is 770 g/mol. The highest BCUT2D eigenvalue weighted by molar-refractivity contribution is 6.42. The van der Waals surface area contributed by atoms with Crippen molar-refractivity contribution in [3.8, 4) is 11.4 Å². The fourth-order valence-electron chi connectivity index (χ4n) is 6.00. The van der Waals surface area contributed by atoms with Crippen molar-refractivity contribution in [2.45, 2.75) is 51.6 Å². The number of nitrogen functional groups attached to an aromatic ring is 2. The number of nitrogens with two attached hydrogens (primary N) is 2. The van der Waals surface area contributed by atoms with Gasteiger partial charge in [-0.15, -0.1) is 0 Å². The number of aryl methyl sites for hydroxylation is 2. The smallest absolute Gasteiger partial charge is 0.251 e. The molecule has 15 heteroatoms. The van der Waals surface area contributed by atoms with E-state index in [0.717, 1.165) is 42.9 Å². The second-order valence-electron chi connectivity index (χ2n) is 14.0. The van der Waals surface area contributed by atoms with Crippen LogP contribution in [0.25, 0.3) is 11.4 Å². The Bertz CT molecular complexity index is 2580. The number of amides is 2. The molecule has 0 bridgehead atoms. The summed E-state index contributed by atoms with van der Waals surface area (Å²) in [4.78, 5) is 58.6. The molecule has 0 unspecified atom stereocenters. The van der Waals surface area contributed by atoms with E-state index in [-0.39, 0.29) is 63.3 Å². The van der Waals surface area contributed by atoms with Crippen LogP contribution in [0.3, 0.4) is 0 Å². The van der Waals surface area contributed by atoms with Crippen LogP contribution in [0.5, 0.6) is 0 Å². The molecule has 8 rings (SSSR count). The Balaban J connectivity index is 0.000000174. The summed E-state index contributed by atoms with van der Waals surface area (Å²) >= 11 is 11.9. The summed E-state index contributed by atoms with van der Waals surface area (Å²) in [5, 5.41) is 6.55. The third kappa shape index (κ3) is 8.59. The highest BCUT2D eigenvalue weighted by Crippen LogP contribution is 2.28. The van der Waals surface area contributed by atoms with E-state index < -0.39 is 11.6 Å². The van der Waals surface area contributed by atoms with E-state index in [4.69, 9.17) is 34.7 Å². The molecule has 2 aromatic heterocycles. The zero-order valence-electron chi connectivity index (χ0n) is 30.9. The van der Waals surface area contributed by atoms with Gasteiger partial charge in [-0.25, -0.2) is 14.4 Å². The molecule has 4 aromatic carbocycles. The maximum atomic E-state index is 13.4. The Kier molecular flexibility index (Phi) is 11.0. The number of carbonyl (C=O) groups excluding carboxylic acids is 4. The third-order valence-corrected chi connectivity index (χ3v) is 10.3. The summed E-state index contributed by atoms with van der Waals surface area (Å²) in [6, 6.07) is 21.2. The molecule has 2 aliphatic rings. The molecule has 0 saturated heterocycles. The first-order valence-electron chi connectivity index (χ1n) is 18.1. The number of imidazole rings is 2. The van der Waals surface area contributed by atoms with Gasteiger partial charge in [0.2, 0.25) is 11.6 Å². The number of carbonyl (C=O) groups is 4. The number of hydrogen-bond acceptors (Lipinski definition) is 8. The van der Waals surface area contributed by atoms with Crippen LogP contribution in [-0.2, 0) is 0 Å². The number of rotatable bonds is 10. The molecule has 290 valence electrons. The Labute approximate surface area is 337 Å². The van der Waals surface area contributed by atoms with Gasteiger partial charge in [-0.1, -0.05) is 47.5 Å². The number of halogens is 3. The van der Waals surface area contributed by atoms with Crippen LogP contribution in [0.2, 0.25) is 10.0 Å². The van der Waals surface area contributed by atoms with Crippen molar-refractivity contribution in [2.24, 2.45) is 0 Å². The van der Waals surface area contributed by atoms with Crippen molar-refractivity contribution in [3.63, 3.8) is 0 Å². The van der Waals surface area contributed by atoms with Gasteiger partial charge in [-0.2, -0.15) is 0 Å². The standard InChI is InChI=1S/C21H18Cl2N4O2.C21H19FN4O2/c1-11-2-3-13(21(29)26-14-5-6-14)9-17(11)27-10-25-18(20(27)24)19(28)12-4-7-15(22)16(23)8-12;1-12-5-6-14(21(28)25-16-7-8-16)10-17(12)26-11-24-18(20(26)23)19(27)13-3-2-4-15(22)9-13/h2-4,7-10,14H,5-6,24H2,1H3,(H,26,29);2-6,9-11,16H,7-8,23H2,1H3,(H,25,28). The second-order valence-corrected chi connectivity index (χ2v) is 14.8. The number of anilines is 2. The van der Waals surface area contributed by atoms with Crippen molar-refractivity contribution in [1.82, 2.24) is 29.7 Å². The zero-order chi connectivity index (χ0) is 40.5. The molecule has 12 nitrogen and oxygen atoms in total. The van der Waals surface area contributed by atoms with Gasteiger partial charge in [0.15, 0.2) is 11.4 Å². The molecule has 2 heterocycles. The molecule has 0 aliphatic heterocycles. The number of hydrogen-bond donors (Lipinski definition) is 4. The average Bonchev–Trinajstić information content (AvgIpc) is 4.12. The quantitative estimate of drug-likeness (QED) is 0.105. The fraction of sp³-hybridized carbons (Fsp3) is 0.190.